The van der Waals surface area contributed by atoms with E-state index in [2.05, 4.69) is 44.7 Å². The third kappa shape index (κ3) is 1.31. The van der Waals surface area contributed by atoms with Gasteiger partial charge in [0, 0.05) is 0 Å². The van der Waals surface area contributed by atoms with Gasteiger partial charge in [-0.15, -0.1) is 6.58 Å². The molecule has 1 radical (unpaired) electrons. The monoisotopic (exact) mass is 183 g/mol. The maximum atomic E-state index is 3.79. The molecule has 1 aromatic carbocycles. The highest BCUT2D eigenvalue weighted by atomic mass is 14.4. The molecule has 0 N–H and O–H groups in total. The predicted octanol–water partition coefficient (Wildman–Crippen LogP) is 3.80. The van der Waals surface area contributed by atoms with Gasteiger partial charge in [0.05, 0.1) is 5.92 Å². The summed E-state index contributed by atoms with van der Waals surface area (Å²) < 4.78 is 0. The Morgan fingerprint density at radius 3 is 2.79 bits per heavy atom. The molecule has 1 aliphatic carbocycles. The molecule has 0 amide bonds. The van der Waals surface area contributed by atoms with E-state index in [1.54, 1.807) is 0 Å². The van der Waals surface area contributed by atoms with Crippen molar-refractivity contribution in [2.24, 2.45) is 0 Å². The standard InChI is InChI=1S/C14H15/c1-4-7-11(5-2)14-12-9-6-8-10(3)13(12)14/h4-6,8-9H,1,7H2,2-3H3. The molecule has 0 heterocycles. The van der Waals surface area contributed by atoms with Crippen LogP contribution in [0.4, 0.5) is 0 Å². The lowest BCUT2D eigenvalue weighted by Crippen LogP contribution is -1.84. The Kier molecular flexibility index (Phi) is 2.28. The number of aryl methyl sites for hydroxylation is 1. The van der Waals surface area contributed by atoms with Crippen molar-refractivity contribution in [2.75, 3.05) is 0 Å². The van der Waals surface area contributed by atoms with Crippen molar-refractivity contribution in [1.82, 2.24) is 0 Å². The third-order valence-electron chi connectivity index (χ3n) is 2.76. The Morgan fingerprint density at radius 1 is 1.43 bits per heavy atom. The van der Waals surface area contributed by atoms with Gasteiger partial charge in [-0.05, 0) is 37.0 Å². The molecule has 0 spiro atoms. The van der Waals surface area contributed by atoms with Crippen LogP contribution in [0.2, 0.25) is 0 Å². The first kappa shape index (κ1) is 9.26. The first-order valence-electron chi connectivity index (χ1n) is 5.03. The van der Waals surface area contributed by atoms with Crippen LogP contribution in [0.5, 0.6) is 0 Å². The predicted molar refractivity (Wildman–Crippen MR) is 61.2 cm³/mol. The maximum absolute atomic E-state index is 3.79. The molecule has 0 atom stereocenters. The lowest BCUT2D eigenvalue weighted by molar-refractivity contribution is 1.20. The molecule has 2 rings (SSSR count). The van der Waals surface area contributed by atoms with Crippen molar-refractivity contribution in [3.63, 3.8) is 0 Å². The second kappa shape index (κ2) is 3.45. The Balaban J connectivity index is 2.27. The summed E-state index contributed by atoms with van der Waals surface area (Å²) in [6.07, 6.45) is 5.13. The van der Waals surface area contributed by atoms with E-state index in [9.17, 15) is 0 Å². The molecule has 0 bridgehead atoms. The molecule has 0 aliphatic heterocycles. The minimum Gasteiger partial charge on any atom is -0.103 e. The zero-order valence-corrected chi connectivity index (χ0v) is 8.80. The minimum atomic E-state index is 0.972. The van der Waals surface area contributed by atoms with E-state index in [0.717, 1.165) is 6.42 Å². The molecular weight excluding hydrogens is 168 g/mol. The summed E-state index contributed by atoms with van der Waals surface area (Å²) in [5, 5.41) is 0. The number of hydrogen-bond donors (Lipinski definition) is 0. The topological polar surface area (TPSA) is 0 Å². The zero-order valence-electron chi connectivity index (χ0n) is 8.80. The van der Waals surface area contributed by atoms with Crippen LogP contribution in [0.25, 0.3) is 0 Å². The molecule has 14 heavy (non-hydrogen) atoms. The van der Waals surface area contributed by atoms with Gasteiger partial charge in [-0.2, -0.15) is 0 Å². The summed E-state index contributed by atoms with van der Waals surface area (Å²) >= 11 is 0. The van der Waals surface area contributed by atoms with E-state index in [0.29, 0.717) is 0 Å². The van der Waals surface area contributed by atoms with Crippen LogP contribution in [0.1, 0.15) is 30.0 Å². The molecule has 0 saturated heterocycles. The van der Waals surface area contributed by atoms with Gasteiger partial charge in [-0.3, -0.25) is 0 Å². The number of benzene rings is 1. The number of hydrogen-bond acceptors (Lipinski definition) is 0. The van der Waals surface area contributed by atoms with Gasteiger partial charge in [0.2, 0.25) is 0 Å². The molecule has 0 nitrogen and oxygen atoms in total. The van der Waals surface area contributed by atoms with Crippen LogP contribution >= 0.6 is 0 Å². The molecule has 0 fully saturated rings. The first-order chi connectivity index (χ1) is 6.79. The highest BCUT2D eigenvalue weighted by Crippen LogP contribution is 2.49. The van der Waals surface area contributed by atoms with Crippen molar-refractivity contribution in [2.45, 2.75) is 20.3 Å². The van der Waals surface area contributed by atoms with E-state index in [1.165, 1.54) is 28.2 Å². The Bertz CT molecular complexity index is 396. The Morgan fingerprint density at radius 2 is 2.21 bits per heavy atom. The summed E-state index contributed by atoms with van der Waals surface area (Å²) in [5.41, 5.74) is 5.69. The van der Waals surface area contributed by atoms with Gasteiger partial charge in [0.15, 0.2) is 0 Å². The number of rotatable bonds is 3. The lowest BCUT2D eigenvalue weighted by Gasteiger charge is -1.99. The van der Waals surface area contributed by atoms with Gasteiger partial charge in [-0.25, -0.2) is 0 Å². The lowest BCUT2D eigenvalue weighted by atomic mass is 10.0. The van der Waals surface area contributed by atoms with E-state index in [4.69, 9.17) is 0 Å². The van der Waals surface area contributed by atoms with Gasteiger partial charge in [0.25, 0.3) is 0 Å². The van der Waals surface area contributed by atoms with Crippen molar-refractivity contribution >= 4 is 0 Å². The molecule has 0 aromatic heterocycles. The van der Waals surface area contributed by atoms with Gasteiger partial charge in [0.1, 0.15) is 0 Å². The largest absolute Gasteiger partial charge is 0.103 e. The minimum absolute atomic E-state index is 0.972. The maximum Gasteiger partial charge on any atom is 0.0598 e. The van der Waals surface area contributed by atoms with E-state index < -0.39 is 0 Å². The number of allylic oxidation sites excluding steroid dienone is 3. The second-order valence-electron chi connectivity index (χ2n) is 3.68. The highest BCUT2D eigenvalue weighted by molar-refractivity contribution is 5.77. The van der Waals surface area contributed by atoms with E-state index in [1.807, 2.05) is 6.08 Å². The molecule has 1 aliphatic rings. The second-order valence-corrected chi connectivity index (χ2v) is 3.68. The Hall–Kier alpha value is -1.30. The van der Waals surface area contributed by atoms with Gasteiger partial charge in [-0.1, -0.05) is 35.9 Å². The van der Waals surface area contributed by atoms with Crippen LogP contribution in [0.3, 0.4) is 0 Å². The molecule has 0 unspecified atom stereocenters. The van der Waals surface area contributed by atoms with Crippen LogP contribution in [-0.4, -0.2) is 0 Å². The van der Waals surface area contributed by atoms with Gasteiger partial charge >= 0.3 is 0 Å². The fourth-order valence-electron chi connectivity index (χ4n) is 2.00. The van der Waals surface area contributed by atoms with Crippen molar-refractivity contribution in [3.05, 3.63) is 65.1 Å². The summed E-state index contributed by atoms with van der Waals surface area (Å²) in [6.45, 7) is 8.06. The Labute approximate surface area is 86.0 Å². The first-order valence-corrected chi connectivity index (χ1v) is 5.03. The van der Waals surface area contributed by atoms with Gasteiger partial charge < -0.3 is 0 Å². The van der Waals surface area contributed by atoms with Crippen molar-refractivity contribution in [3.8, 4) is 0 Å². The van der Waals surface area contributed by atoms with Crippen molar-refractivity contribution in [1.29, 1.82) is 0 Å². The average molecular weight is 183 g/mol. The summed E-state index contributed by atoms with van der Waals surface area (Å²) in [7, 11) is 0. The third-order valence-corrected chi connectivity index (χ3v) is 2.76. The fourth-order valence-corrected chi connectivity index (χ4v) is 2.00. The van der Waals surface area contributed by atoms with Crippen LogP contribution in [-0.2, 0) is 0 Å². The molecule has 0 heteroatoms. The molecular formula is C14H15. The van der Waals surface area contributed by atoms with Crippen LogP contribution < -0.4 is 0 Å². The SMILES string of the molecule is C=CCC(=CC)[C]1c2cccc(C)c21. The van der Waals surface area contributed by atoms with Crippen molar-refractivity contribution < 1.29 is 0 Å². The highest BCUT2D eigenvalue weighted by Gasteiger charge is 2.36. The zero-order chi connectivity index (χ0) is 10.1. The quantitative estimate of drug-likeness (QED) is 0.625. The van der Waals surface area contributed by atoms with E-state index in [-0.39, 0.29) is 0 Å². The summed E-state index contributed by atoms with van der Waals surface area (Å²) in [5.74, 6) is 1.45. The summed E-state index contributed by atoms with van der Waals surface area (Å²) in [4.78, 5) is 0. The fraction of sp³-hybridized carbons (Fsp3) is 0.214. The van der Waals surface area contributed by atoms with E-state index >= 15 is 0 Å². The molecule has 1 aromatic rings. The normalized spacial score (nSPS) is 15.1. The average Bonchev–Trinajstić information content (AvgIpc) is 2.90. The van der Waals surface area contributed by atoms with Crippen LogP contribution in [0.15, 0.2) is 42.5 Å². The summed E-state index contributed by atoms with van der Waals surface area (Å²) in [6, 6.07) is 6.50. The smallest absolute Gasteiger partial charge is 0.0598 e. The number of fused-ring (bicyclic) bond motifs is 1. The molecule has 71 valence electrons. The van der Waals surface area contributed by atoms with Crippen LogP contribution in [0, 0.1) is 12.8 Å². The molecule has 0 saturated carbocycles.